The number of benzene rings is 4. The highest BCUT2D eigenvalue weighted by molar-refractivity contribution is 9.10. The van der Waals surface area contributed by atoms with E-state index in [9.17, 15) is 9.59 Å². The summed E-state index contributed by atoms with van der Waals surface area (Å²) in [5.41, 5.74) is 6.14. The second-order valence-electron chi connectivity index (χ2n) is 9.06. The number of carbonyl (C=O) groups is 2. The lowest BCUT2D eigenvalue weighted by molar-refractivity contribution is -0.118. The molecule has 0 aromatic heterocycles. The molecule has 0 radical (unpaired) electrons. The van der Waals surface area contributed by atoms with Gasteiger partial charge in [-0.2, -0.15) is 5.10 Å². The van der Waals surface area contributed by atoms with Crippen LogP contribution in [0.1, 0.15) is 34.0 Å². The van der Waals surface area contributed by atoms with Crippen LogP contribution in [0.3, 0.4) is 0 Å². The second kappa shape index (κ2) is 15.0. The largest absolute Gasteiger partial charge is 0.490 e. The number of carbonyl (C=O) groups excluding carboxylic acids is 2. The summed E-state index contributed by atoms with van der Waals surface area (Å²) in [4.78, 5) is 25.0. The van der Waals surface area contributed by atoms with Gasteiger partial charge < -0.3 is 19.5 Å². The number of nitrogens with zero attached hydrogens (tertiary/aromatic N) is 1. The van der Waals surface area contributed by atoms with Gasteiger partial charge in [0.1, 0.15) is 12.4 Å². The molecular weight excluding hydrogens is 622 g/mol. The first kappa shape index (κ1) is 30.6. The predicted octanol–water partition coefficient (Wildman–Crippen LogP) is 7.17. The molecule has 2 amide bonds. The van der Waals surface area contributed by atoms with Crippen molar-refractivity contribution in [1.82, 2.24) is 5.43 Å². The molecule has 0 aliphatic carbocycles. The fourth-order valence-corrected chi connectivity index (χ4v) is 4.42. The summed E-state index contributed by atoms with van der Waals surface area (Å²) in [6, 6.07) is 25.3. The molecule has 8 nitrogen and oxygen atoms in total. The van der Waals surface area contributed by atoms with Crippen molar-refractivity contribution in [3.63, 3.8) is 0 Å². The number of hydrogen-bond acceptors (Lipinski definition) is 6. The Bertz CT molecular complexity index is 1580. The van der Waals surface area contributed by atoms with Gasteiger partial charge in [0.15, 0.2) is 18.1 Å². The van der Waals surface area contributed by atoms with Crippen LogP contribution in [0, 0.1) is 6.92 Å². The Morgan fingerprint density at radius 2 is 1.69 bits per heavy atom. The zero-order chi connectivity index (χ0) is 29.9. The SMILES string of the molecule is CCOc1cc(C(=O)N/N=C/c2ccc(OCC(=O)Nc3ccc(C)c(Cl)c3)c(Br)c2)ccc1OCc1ccccc1. The molecule has 0 spiro atoms. The summed E-state index contributed by atoms with van der Waals surface area (Å²) in [5, 5.41) is 7.38. The van der Waals surface area contributed by atoms with E-state index in [1.165, 1.54) is 6.21 Å². The highest BCUT2D eigenvalue weighted by atomic mass is 79.9. The zero-order valence-electron chi connectivity index (χ0n) is 23.0. The lowest BCUT2D eigenvalue weighted by Gasteiger charge is -2.13. The van der Waals surface area contributed by atoms with Gasteiger partial charge in [-0.15, -0.1) is 0 Å². The Balaban J connectivity index is 1.30. The monoisotopic (exact) mass is 649 g/mol. The third-order valence-electron chi connectivity index (χ3n) is 5.89. The topological polar surface area (TPSA) is 98.3 Å². The Morgan fingerprint density at radius 3 is 2.43 bits per heavy atom. The number of amides is 2. The molecule has 0 aliphatic heterocycles. The van der Waals surface area contributed by atoms with E-state index < -0.39 is 5.91 Å². The molecule has 0 heterocycles. The summed E-state index contributed by atoms with van der Waals surface area (Å²) in [7, 11) is 0. The van der Waals surface area contributed by atoms with Gasteiger partial charge in [-0.25, -0.2) is 5.43 Å². The van der Waals surface area contributed by atoms with E-state index in [0.29, 0.717) is 56.8 Å². The van der Waals surface area contributed by atoms with Gasteiger partial charge in [-0.05, 0) is 95.0 Å². The van der Waals surface area contributed by atoms with Crippen LogP contribution in [-0.4, -0.2) is 31.2 Å². The summed E-state index contributed by atoms with van der Waals surface area (Å²) >= 11 is 9.56. The number of halogens is 2. The highest BCUT2D eigenvalue weighted by Crippen LogP contribution is 2.30. The standard InChI is InChI=1S/C32H29BrClN3O5/c1-3-40-30-16-24(11-14-29(30)41-19-22-7-5-4-6-8-22)32(39)37-35-18-23-10-13-28(26(33)15-23)42-20-31(38)36-25-12-9-21(2)27(34)17-25/h4-18H,3,19-20H2,1-2H3,(H,36,38)(H,37,39)/b35-18+. The molecule has 0 bridgehead atoms. The molecule has 0 unspecified atom stereocenters. The molecule has 4 rings (SSSR count). The highest BCUT2D eigenvalue weighted by Gasteiger charge is 2.12. The van der Waals surface area contributed by atoms with Gasteiger partial charge in [0.05, 0.1) is 17.3 Å². The van der Waals surface area contributed by atoms with Crippen molar-refractivity contribution in [3.05, 3.63) is 117 Å². The van der Waals surface area contributed by atoms with E-state index in [-0.39, 0.29) is 12.5 Å². The van der Waals surface area contributed by atoms with Crippen LogP contribution in [0.2, 0.25) is 5.02 Å². The maximum absolute atomic E-state index is 12.7. The van der Waals surface area contributed by atoms with Crippen LogP contribution in [0.25, 0.3) is 0 Å². The summed E-state index contributed by atoms with van der Waals surface area (Å²) in [6.45, 7) is 4.37. The molecule has 42 heavy (non-hydrogen) atoms. The molecular formula is C32H29BrClN3O5. The van der Waals surface area contributed by atoms with Gasteiger partial charge in [-0.3, -0.25) is 9.59 Å². The van der Waals surface area contributed by atoms with Crippen LogP contribution in [0.4, 0.5) is 5.69 Å². The minimum absolute atomic E-state index is 0.187. The van der Waals surface area contributed by atoms with E-state index in [2.05, 4.69) is 31.8 Å². The van der Waals surface area contributed by atoms with Crippen molar-refractivity contribution in [1.29, 1.82) is 0 Å². The first-order valence-electron chi connectivity index (χ1n) is 13.1. The van der Waals surface area contributed by atoms with Gasteiger partial charge in [0.2, 0.25) is 0 Å². The molecule has 0 fully saturated rings. The van der Waals surface area contributed by atoms with Gasteiger partial charge in [-0.1, -0.05) is 48.0 Å². The Labute approximate surface area is 257 Å². The van der Waals surface area contributed by atoms with Gasteiger partial charge in [0.25, 0.3) is 11.8 Å². The Kier molecular flexibility index (Phi) is 11.0. The molecule has 0 saturated heterocycles. The van der Waals surface area contributed by atoms with E-state index >= 15 is 0 Å². The quantitative estimate of drug-likeness (QED) is 0.125. The van der Waals surface area contributed by atoms with Crippen LogP contribution in [0.5, 0.6) is 17.2 Å². The number of hydrogen-bond donors (Lipinski definition) is 2. The van der Waals surface area contributed by atoms with Crippen molar-refractivity contribution >= 4 is 51.2 Å². The fourth-order valence-electron chi connectivity index (χ4n) is 3.73. The third kappa shape index (κ3) is 8.83. The molecule has 0 atom stereocenters. The van der Waals surface area contributed by atoms with Crippen molar-refractivity contribution in [2.75, 3.05) is 18.5 Å². The maximum Gasteiger partial charge on any atom is 0.271 e. The fraction of sp³-hybridized carbons (Fsp3) is 0.156. The zero-order valence-corrected chi connectivity index (χ0v) is 25.4. The Morgan fingerprint density at radius 1 is 0.905 bits per heavy atom. The average molecular weight is 651 g/mol. The lowest BCUT2D eigenvalue weighted by Crippen LogP contribution is -2.20. The molecule has 4 aromatic carbocycles. The predicted molar refractivity (Wildman–Crippen MR) is 168 cm³/mol. The first-order valence-corrected chi connectivity index (χ1v) is 14.2. The van der Waals surface area contributed by atoms with Gasteiger partial charge in [0, 0.05) is 16.3 Å². The number of rotatable bonds is 12. The summed E-state index contributed by atoms with van der Waals surface area (Å²) in [6.07, 6.45) is 1.50. The second-order valence-corrected chi connectivity index (χ2v) is 10.3. The molecule has 2 N–H and O–H groups in total. The summed E-state index contributed by atoms with van der Waals surface area (Å²) in [5.74, 6) is 0.775. The molecule has 216 valence electrons. The van der Waals surface area contributed by atoms with Crippen molar-refractivity contribution in [3.8, 4) is 17.2 Å². The Hall–Kier alpha value is -4.34. The molecule has 4 aromatic rings. The van der Waals surface area contributed by atoms with Crippen molar-refractivity contribution in [2.45, 2.75) is 20.5 Å². The number of nitrogens with one attached hydrogen (secondary N) is 2. The molecule has 0 aliphatic rings. The van der Waals surface area contributed by atoms with E-state index in [1.54, 1.807) is 48.5 Å². The van der Waals surface area contributed by atoms with Crippen LogP contribution in [0.15, 0.2) is 94.5 Å². The first-order chi connectivity index (χ1) is 20.3. The number of ether oxygens (including phenoxy) is 3. The summed E-state index contributed by atoms with van der Waals surface area (Å²) < 4.78 is 17.9. The van der Waals surface area contributed by atoms with Crippen LogP contribution in [-0.2, 0) is 11.4 Å². The van der Waals surface area contributed by atoms with E-state index in [0.717, 1.165) is 11.1 Å². The minimum Gasteiger partial charge on any atom is -0.490 e. The normalized spacial score (nSPS) is 10.8. The number of hydrazone groups is 1. The number of aryl methyl sites for hydroxylation is 1. The van der Waals surface area contributed by atoms with E-state index in [4.69, 9.17) is 25.8 Å². The van der Waals surface area contributed by atoms with Crippen molar-refractivity contribution < 1.29 is 23.8 Å². The smallest absolute Gasteiger partial charge is 0.271 e. The minimum atomic E-state index is -0.401. The van der Waals surface area contributed by atoms with Crippen LogP contribution >= 0.6 is 27.5 Å². The third-order valence-corrected chi connectivity index (χ3v) is 6.92. The van der Waals surface area contributed by atoms with E-state index in [1.807, 2.05) is 50.2 Å². The lowest BCUT2D eigenvalue weighted by atomic mass is 10.2. The van der Waals surface area contributed by atoms with Gasteiger partial charge >= 0.3 is 0 Å². The van der Waals surface area contributed by atoms with Crippen LogP contribution < -0.4 is 25.0 Å². The average Bonchev–Trinajstić information content (AvgIpc) is 2.98. The molecule has 10 heteroatoms. The molecule has 0 saturated carbocycles. The number of anilines is 1. The maximum atomic E-state index is 12.7. The van der Waals surface area contributed by atoms with Crippen molar-refractivity contribution in [2.24, 2.45) is 5.10 Å².